The molecule has 64 heavy (non-hydrogen) atoms. The number of rotatable bonds is 0. The number of halogens is 24. The van der Waals surface area contributed by atoms with Crippen LogP contribution in [0.25, 0.3) is 0 Å². The molecule has 0 radical (unpaired) electrons. The number of hydrogen-bond donors (Lipinski definition) is 0. The molecule has 6 saturated heterocycles. The Hall–Kier alpha value is -1.76. The third-order valence-corrected chi connectivity index (χ3v) is 12.8. The SMILES string of the molecule is C1CN2CCN1CC2.C1CN2CCN1CC2.Fc1c(F)c(F)c(I)c(F)c1F.Fc1c(F)c(F)c(I)c(F)c1F.Fc1c(F)c(F)c(I)c(F)c1F.Fc1c(F)c(F)c(I)c(F)c1F. The van der Waals surface area contributed by atoms with Gasteiger partial charge in [-0.25, -0.2) is 87.8 Å². The maximum atomic E-state index is 12.4. The molecule has 4 aromatic carbocycles. The molecule has 28 heteroatoms. The van der Waals surface area contributed by atoms with E-state index in [2.05, 4.69) is 19.6 Å². The Balaban J connectivity index is 0.000000205. The lowest BCUT2D eigenvalue weighted by Crippen LogP contribution is -2.55. The largest absolute Gasteiger partial charge is 0.300 e. The Labute approximate surface area is 403 Å². The van der Waals surface area contributed by atoms with Crippen molar-refractivity contribution in [1.82, 2.24) is 19.6 Å². The van der Waals surface area contributed by atoms with E-state index >= 15 is 0 Å². The highest BCUT2D eigenvalue weighted by molar-refractivity contribution is 14.1. The van der Waals surface area contributed by atoms with Crippen LogP contribution in [0.3, 0.4) is 0 Å². The average Bonchev–Trinajstić information content (AvgIpc) is 3.33. The van der Waals surface area contributed by atoms with E-state index in [0.29, 0.717) is 0 Å². The van der Waals surface area contributed by atoms with Crippen LogP contribution >= 0.6 is 90.4 Å². The van der Waals surface area contributed by atoms with Crippen molar-refractivity contribution in [3.63, 3.8) is 0 Å². The zero-order valence-corrected chi connectivity index (χ0v) is 40.0. The van der Waals surface area contributed by atoms with E-state index in [-0.39, 0.29) is 0 Å². The molecule has 6 fully saturated rings. The molecule has 0 unspecified atom stereocenters. The van der Waals surface area contributed by atoms with Crippen molar-refractivity contribution in [2.75, 3.05) is 78.5 Å². The van der Waals surface area contributed by atoms with Gasteiger partial charge in [-0.2, -0.15) is 0 Å². The van der Waals surface area contributed by atoms with Crippen molar-refractivity contribution in [2.45, 2.75) is 0 Å². The predicted octanol–water partition coefficient (Wildman–Crippen LogP) is 11.2. The number of fused-ring (bicyclic) bond motifs is 6. The lowest BCUT2D eigenvalue weighted by molar-refractivity contribution is 0.0647. The fraction of sp³-hybridized carbons (Fsp3) is 0.333. The van der Waals surface area contributed by atoms with Gasteiger partial charge in [-0.05, 0) is 90.4 Å². The summed E-state index contributed by atoms with van der Waals surface area (Å²) in [5.74, 6) is -38.3. The molecule has 0 N–H and O–H groups in total. The predicted molar refractivity (Wildman–Crippen MR) is 222 cm³/mol. The van der Waals surface area contributed by atoms with Crippen LogP contribution in [-0.2, 0) is 0 Å². The van der Waals surface area contributed by atoms with E-state index in [0.717, 1.165) is 90.4 Å². The Morgan fingerprint density at radius 3 is 0.328 bits per heavy atom. The number of benzene rings is 4. The molecule has 0 aromatic heterocycles. The van der Waals surface area contributed by atoms with E-state index in [1.807, 2.05) is 0 Å². The molecular formula is C36H24F20I4N4. The molecule has 4 nitrogen and oxygen atoms in total. The zero-order chi connectivity index (χ0) is 48.7. The van der Waals surface area contributed by atoms with Crippen LogP contribution in [-0.4, -0.2) is 98.1 Å². The standard InChI is InChI=1S/4C6F5I.2C6H12N2/c4*7-1-2(8)4(10)6(12)5(11)3(1)9;2*1-2-8-5-3-7(1)4-6-8/h;;;;2*1-6H2. The molecule has 4 aromatic rings. The zero-order valence-electron chi connectivity index (χ0n) is 31.3. The van der Waals surface area contributed by atoms with Gasteiger partial charge in [0, 0.05) is 78.5 Å². The Morgan fingerprint density at radius 2 is 0.250 bits per heavy atom. The van der Waals surface area contributed by atoms with Gasteiger partial charge in [0.15, 0.2) is 93.1 Å². The van der Waals surface area contributed by atoms with E-state index < -0.39 is 131 Å². The van der Waals surface area contributed by atoms with Gasteiger partial charge in [-0.1, -0.05) is 0 Å². The minimum absolute atomic E-state index is 0.899. The summed E-state index contributed by atoms with van der Waals surface area (Å²) in [6, 6.07) is 0. The third kappa shape index (κ3) is 13.7. The van der Waals surface area contributed by atoms with E-state index in [4.69, 9.17) is 0 Å². The smallest absolute Gasteiger partial charge is 0.200 e. The summed E-state index contributed by atoms with van der Waals surface area (Å²) in [6.07, 6.45) is 0. The van der Waals surface area contributed by atoms with Gasteiger partial charge in [0.05, 0.1) is 14.3 Å². The molecule has 4 bridgehead atoms. The molecule has 10 rings (SSSR count). The van der Waals surface area contributed by atoms with Gasteiger partial charge in [-0.3, -0.25) is 19.6 Å². The summed E-state index contributed by atoms with van der Waals surface area (Å²) in [6.45, 7) is 15.8. The first-order valence-electron chi connectivity index (χ1n) is 17.3. The third-order valence-electron chi connectivity index (χ3n) is 9.02. The molecule has 0 aliphatic carbocycles. The van der Waals surface area contributed by atoms with Crippen molar-refractivity contribution in [3.8, 4) is 0 Å². The summed E-state index contributed by atoms with van der Waals surface area (Å²) < 4.78 is 243. The molecule has 0 atom stereocenters. The molecule has 6 heterocycles. The molecule has 0 amide bonds. The van der Waals surface area contributed by atoms with Gasteiger partial charge in [0.2, 0.25) is 23.3 Å². The van der Waals surface area contributed by atoms with Crippen molar-refractivity contribution in [2.24, 2.45) is 0 Å². The van der Waals surface area contributed by atoms with Crippen molar-refractivity contribution < 1.29 is 87.8 Å². The van der Waals surface area contributed by atoms with Crippen LogP contribution in [0.2, 0.25) is 0 Å². The normalized spacial score (nSPS) is 19.1. The van der Waals surface area contributed by atoms with Crippen LogP contribution in [0, 0.1) is 131 Å². The molecule has 0 spiro atoms. The van der Waals surface area contributed by atoms with Crippen molar-refractivity contribution in [3.05, 3.63) is 131 Å². The minimum atomic E-state index is -2.13. The minimum Gasteiger partial charge on any atom is -0.300 e. The topological polar surface area (TPSA) is 13.0 Å². The van der Waals surface area contributed by atoms with E-state index in [1.54, 1.807) is 0 Å². The fourth-order valence-corrected chi connectivity index (χ4v) is 7.25. The summed E-state index contributed by atoms with van der Waals surface area (Å²) in [5.41, 5.74) is 0. The van der Waals surface area contributed by atoms with Crippen LogP contribution in [0.5, 0.6) is 0 Å². The van der Waals surface area contributed by atoms with Crippen LogP contribution in [0.1, 0.15) is 0 Å². The summed E-state index contributed by atoms with van der Waals surface area (Å²) >= 11 is 4.16. The lowest BCUT2D eigenvalue weighted by Gasteiger charge is -2.41. The summed E-state index contributed by atoms with van der Waals surface area (Å²) in [5, 5.41) is 0. The van der Waals surface area contributed by atoms with Crippen molar-refractivity contribution in [1.29, 1.82) is 0 Å². The molecule has 6 aliphatic heterocycles. The first-order valence-corrected chi connectivity index (χ1v) is 21.6. The highest BCUT2D eigenvalue weighted by Gasteiger charge is 2.27. The van der Waals surface area contributed by atoms with Gasteiger partial charge in [-0.15, -0.1) is 0 Å². The number of hydrogen-bond acceptors (Lipinski definition) is 4. The second-order valence-electron chi connectivity index (χ2n) is 12.9. The Bertz CT molecular complexity index is 1550. The quantitative estimate of drug-likeness (QED) is 0.0753. The van der Waals surface area contributed by atoms with Crippen LogP contribution in [0.4, 0.5) is 87.8 Å². The fourth-order valence-electron chi connectivity index (χ4n) is 5.35. The summed E-state index contributed by atoms with van der Waals surface area (Å²) in [4.78, 5) is 10.2. The van der Waals surface area contributed by atoms with Crippen molar-refractivity contribution >= 4 is 90.4 Å². The van der Waals surface area contributed by atoms with Gasteiger partial charge < -0.3 is 0 Å². The molecule has 356 valence electrons. The lowest BCUT2D eigenvalue weighted by atomic mass is 10.2. The first kappa shape index (κ1) is 56.6. The molecule has 0 saturated carbocycles. The second-order valence-corrected chi connectivity index (χ2v) is 17.2. The number of nitrogens with zero attached hydrogens (tertiary/aromatic N) is 4. The van der Waals surface area contributed by atoms with Crippen LogP contribution in [0.15, 0.2) is 0 Å². The molecule has 6 aliphatic rings. The highest BCUT2D eigenvalue weighted by atomic mass is 127. The second kappa shape index (κ2) is 25.0. The van der Waals surface area contributed by atoms with Gasteiger partial charge in [0.1, 0.15) is 0 Å². The van der Waals surface area contributed by atoms with Crippen LogP contribution < -0.4 is 0 Å². The van der Waals surface area contributed by atoms with E-state index in [1.165, 1.54) is 78.5 Å². The Morgan fingerprint density at radius 1 is 0.172 bits per heavy atom. The average molecular weight is 1400 g/mol. The van der Waals surface area contributed by atoms with Gasteiger partial charge in [0.25, 0.3) is 0 Å². The number of piperazine rings is 6. The first-order chi connectivity index (χ1) is 29.8. The Kier molecular flexibility index (Phi) is 22.1. The maximum Gasteiger partial charge on any atom is 0.200 e. The highest BCUT2D eigenvalue weighted by Crippen LogP contribution is 2.27. The van der Waals surface area contributed by atoms with E-state index in [9.17, 15) is 87.8 Å². The van der Waals surface area contributed by atoms with Gasteiger partial charge >= 0.3 is 0 Å². The summed E-state index contributed by atoms with van der Waals surface area (Å²) in [7, 11) is 0. The maximum absolute atomic E-state index is 12.4. The monoisotopic (exact) mass is 1400 g/mol. The molecular weight excluding hydrogens is 1380 g/mol.